The van der Waals surface area contributed by atoms with Crippen molar-refractivity contribution < 1.29 is 9.47 Å². The van der Waals surface area contributed by atoms with Crippen LogP contribution in [0.2, 0.25) is 5.02 Å². The third-order valence-corrected chi connectivity index (χ3v) is 5.60. The maximum absolute atomic E-state index is 6.20. The quantitative estimate of drug-likeness (QED) is 0.380. The molecule has 1 aromatic rings. The van der Waals surface area contributed by atoms with Crippen LogP contribution in [0, 0.1) is 0 Å². The standard InChI is InChI=1S/C21H34ClN5O2/c1-3-23-21(24-8-4-9-26-11-13-29-14-12-26)25-18-7-10-27(16-18)19-15-17(22)5-6-20(19)28-2/h5-6,15,18H,3-4,7-14,16H2,1-2H3,(H2,23,24,25). The normalized spacial score (nSPS) is 20.7. The molecule has 8 heteroatoms. The third-order valence-electron chi connectivity index (χ3n) is 5.36. The molecule has 2 aliphatic heterocycles. The lowest BCUT2D eigenvalue weighted by Crippen LogP contribution is -2.44. The van der Waals surface area contributed by atoms with Crippen LogP contribution in [-0.4, -0.2) is 83.0 Å². The average Bonchev–Trinajstić information content (AvgIpc) is 3.20. The number of anilines is 1. The van der Waals surface area contributed by atoms with Crippen LogP contribution in [0.4, 0.5) is 5.69 Å². The third kappa shape index (κ3) is 6.66. The number of methoxy groups -OCH3 is 1. The van der Waals surface area contributed by atoms with Crippen LogP contribution in [0.5, 0.6) is 5.75 Å². The van der Waals surface area contributed by atoms with Crippen molar-refractivity contribution >= 4 is 23.2 Å². The van der Waals surface area contributed by atoms with Gasteiger partial charge in [0.25, 0.3) is 0 Å². The topological polar surface area (TPSA) is 61.4 Å². The lowest BCUT2D eigenvalue weighted by Gasteiger charge is -2.26. The van der Waals surface area contributed by atoms with Gasteiger partial charge in [-0.1, -0.05) is 11.6 Å². The number of morpholine rings is 1. The van der Waals surface area contributed by atoms with Gasteiger partial charge in [0.1, 0.15) is 5.75 Å². The fourth-order valence-electron chi connectivity index (χ4n) is 3.83. The number of benzene rings is 1. The fourth-order valence-corrected chi connectivity index (χ4v) is 4.00. The minimum atomic E-state index is 0.343. The summed E-state index contributed by atoms with van der Waals surface area (Å²) >= 11 is 6.20. The van der Waals surface area contributed by atoms with Crippen molar-refractivity contribution in [1.29, 1.82) is 0 Å². The van der Waals surface area contributed by atoms with E-state index in [9.17, 15) is 0 Å². The van der Waals surface area contributed by atoms with Gasteiger partial charge in [0.15, 0.2) is 5.96 Å². The molecule has 2 heterocycles. The van der Waals surface area contributed by atoms with Crippen LogP contribution >= 0.6 is 11.6 Å². The van der Waals surface area contributed by atoms with E-state index in [2.05, 4.69) is 27.4 Å². The Kier molecular flexibility index (Phi) is 8.70. The van der Waals surface area contributed by atoms with E-state index in [4.69, 9.17) is 26.1 Å². The Bertz CT molecular complexity index is 666. The van der Waals surface area contributed by atoms with Gasteiger partial charge in [-0.05, 0) is 38.0 Å². The van der Waals surface area contributed by atoms with Gasteiger partial charge >= 0.3 is 0 Å². The fraction of sp³-hybridized carbons (Fsp3) is 0.667. The second-order valence-electron chi connectivity index (χ2n) is 7.46. The molecule has 0 saturated carbocycles. The van der Waals surface area contributed by atoms with Crippen LogP contribution in [0.3, 0.4) is 0 Å². The molecular formula is C21H34ClN5O2. The van der Waals surface area contributed by atoms with Gasteiger partial charge < -0.3 is 25.0 Å². The molecule has 2 fully saturated rings. The van der Waals surface area contributed by atoms with Crippen molar-refractivity contribution in [2.45, 2.75) is 25.8 Å². The second-order valence-corrected chi connectivity index (χ2v) is 7.90. The molecule has 0 radical (unpaired) electrons. The highest BCUT2D eigenvalue weighted by Gasteiger charge is 2.25. The number of rotatable bonds is 8. The highest BCUT2D eigenvalue weighted by molar-refractivity contribution is 6.30. The van der Waals surface area contributed by atoms with Gasteiger partial charge in [-0.25, -0.2) is 0 Å². The first-order valence-corrected chi connectivity index (χ1v) is 11.0. The number of halogens is 1. The predicted octanol–water partition coefficient (Wildman–Crippen LogP) is 2.20. The molecule has 162 valence electrons. The molecule has 2 aliphatic rings. The lowest BCUT2D eigenvalue weighted by molar-refractivity contribution is 0.0377. The van der Waals surface area contributed by atoms with Crippen molar-refractivity contribution in [2.24, 2.45) is 4.99 Å². The van der Waals surface area contributed by atoms with Gasteiger partial charge in [-0.3, -0.25) is 9.89 Å². The minimum absolute atomic E-state index is 0.343. The van der Waals surface area contributed by atoms with Crippen molar-refractivity contribution in [3.05, 3.63) is 23.2 Å². The van der Waals surface area contributed by atoms with E-state index < -0.39 is 0 Å². The zero-order valence-electron chi connectivity index (χ0n) is 17.6. The summed E-state index contributed by atoms with van der Waals surface area (Å²) in [4.78, 5) is 9.55. The zero-order valence-corrected chi connectivity index (χ0v) is 18.4. The molecule has 0 bridgehead atoms. The van der Waals surface area contributed by atoms with E-state index in [0.717, 1.165) is 94.3 Å². The first-order chi connectivity index (χ1) is 14.2. The molecule has 1 aromatic carbocycles. The van der Waals surface area contributed by atoms with Crippen molar-refractivity contribution in [3.8, 4) is 5.75 Å². The molecule has 1 unspecified atom stereocenters. The Labute approximate surface area is 179 Å². The lowest BCUT2D eigenvalue weighted by atomic mass is 10.2. The van der Waals surface area contributed by atoms with Crippen LogP contribution < -0.4 is 20.3 Å². The monoisotopic (exact) mass is 423 g/mol. The highest BCUT2D eigenvalue weighted by Crippen LogP contribution is 2.33. The number of hydrogen-bond donors (Lipinski definition) is 2. The SMILES string of the molecule is CCNC(=NCCCN1CCOCC1)NC1CCN(c2cc(Cl)ccc2OC)C1. The first kappa shape index (κ1) is 22.0. The van der Waals surface area contributed by atoms with E-state index in [1.165, 1.54) is 0 Å². The molecule has 0 amide bonds. The maximum atomic E-state index is 6.20. The Morgan fingerprint density at radius 2 is 2.14 bits per heavy atom. The summed E-state index contributed by atoms with van der Waals surface area (Å²) in [6.07, 6.45) is 2.11. The van der Waals surface area contributed by atoms with E-state index in [-0.39, 0.29) is 0 Å². The smallest absolute Gasteiger partial charge is 0.191 e. The molecular weight excluding hydrogens is 390 g/mol. The summed E-state index contributed by atoms with van der Waals surface area (Å²) in [5.74, 6) is 1.76. The van der Waals surface area contributed by atoms with Crippen molar-refractivity contribution in [3.63, 3.8) is 0 Å². The summed E-state index contributed by atoms with van der Waals surface area (Å²) in [5.41, 5.74) is 1.05. The second kappa shape index (κ2) is 11.5. The molecule has 7 nitrogen and oxygen atoms in total. The van der Waals surface area contributed by atoms with Gasteiger partial charge in [0, 0.05) is 56.9 Å². The minimum Gasteiger partial charge on any atom is -0.495 e. The van der Waals surface area contributed by atoms with Crippen molar-refractivity contribution in [1.82, 2.24) is 15.5 Å². The summed E-state index contributed by atoms with van der Waals surface area (Å²) in [5, 5.41) is 7.70. The molecule has 3 rings (SSSR count). The van der Waals surface area contributed by atoms with Crippen molar-refractivity contribution in [2.75, 3.05) is 71.0 Å². The number of ether oxygens (including phenoxy) is 2. The largest absolute Gasteiger partial charge is 0.495 e. The van der Waals surface area contributed by atoms with E-state index in [1.807, 2.05) is 18.2 Å². The summed E-state index contributed by atoms with van der Waals surface area (Å²) in [6.45, 7) is 10.5. The Hall–Kier alpha value is -1.70. The van der Waals surface area contributed by atoms with Gasteiger partial charge in [0.2, 0.25) is 0 Å². The number of hydrogen-bond acceptors (Lipinski definition) is 5. The molecule has 0 aromatic heterocycles. The Morgan fingerprint density at radius 1 is 1.31 bits per heavy atom. The highest BCUT2D eigenvalue weighted by atomic mass is 35.5. The Balaban J connectivity index is 1.49. The Morgan fingerprint density at radius 3 is 2.90 bits per heavy atom. The molecule has 1 atom stereocenters. The molecule has 0 spiro atoms. The zero-order chi connectivity index (χ0) is 20.5. The van der Waals surface area contributed by atoms with E-state index >= 15 is 0 Å². The van der Waals surface area contributed by atoms with Crippen LogP contribution in [0.1, 0.15) is 19.8 Å². The summed E-state index contributed by atoms with van der Waals surface area (Å²) in [7, 11) is 1.70. The number of guanidine groups is 1. The molecule has 2 N–H and O–H groups in total. The maximum Gasteiger partial charge on any atom is 0.191 e. The van der Waals surface area contributed by atoms with Gasteiger partial charge in [0.05, 0.1) is 26.0 Å². The molecule has 2 saturated heterocycles. The molecule has 29 heavy (non-hydrogen) atoms. The summed E-state index contributed by atoms with van der Waals surface area (Å²) in [6, 6.07) is 6.12. The van der Waals surface area contributed by atoms with Gasteiger partial charge in [-0.15, -0.1) is 0 Å². The number of nitrogens with zero attached hydrogens (tertiary/aromatic N) is 3. The predicted molar refractivity (Wildman–Crippen MR) is 120 cm³/mol. The average molecular weight is 424 g/mol. The number of nitrogens with one attached hydrogen (secondary N) is 2. The van der Waals surface area contributed by atoms with E-state index in [0.29, 0.717) is 6.04 Å². The molecule has 0 aliphatic carbocycles. The van der Waals surface area contributed by atoms with Crippen LogP contribution in [0.15, 0.2) is 23.2 Å². The van der Waals surface area contributed by atoms with Crippen LogP contribution in [0.25, 0.3) is 0 Å². The first-order valence-electron chi connectivity index (χ1n) is 10.6. The van der Waals surface area contributed by atoms with Gasteiger partial charge in [-0.2, -0.15) is 0 Å². The summed E-state index contributed by atoms with van der Waals surface area (Å²) < 4.78 is 10.9. The van der Waals surface area contributed by atoms with Crippen LogP contribution in [-0.2, 0) is 4.74 Å². The van der Waals surface area contributed by atoms with E-state index in [1.54, 1.807) is 7.11 Å². The number of aliphatic imine (C=N–C) groups is 1.